The van der Waals surface area contributed by atoms with Gasteiger partial charge in [-0.05, 0) is 30.7 Å². The van der Waals surface area contributed by atoms with Crippen LogP contribution < -0.4 is 10.6 Å². The monoisotopic (exact) mass is 278 g/mol. The summed E-state index contributed by atoms with van der Waals surface area (Å²) in [6, 6.07) is 10.7. The maximum absolute atomic E-state index is 9.02. The summed E-state index contributed by atoms with van der Waals surface area (Å²) in [5.41, 5.74) is 1.39. The fraction of sp³-hybridized carbons (Fsp3) is 0.200. The Morgan fingerprint density at radius 3 is 2.67 bits per heavy atom. The maximum Gasteiger partial charge on any atom is 0.224 e. The van der Waals surface area contributed by atoms with Gasteiger partial charge in [-0.15, -0.1) is 0 Å². The number of hydrogen-bond acceptors (Lipinski definition) is 6. The molecule has 2 rings (SSSR count). The Kier molecular flexibility index (Phi) is 4.68. The lowest BCUT2D eigenvalue weighted by Gasteiger charge is -2.08. The normalized spacial score (nSPS) is 9.48. The first kappa shape index (κ1) is 14.3. The minimum absolute atomic E-state index is 0.334. The Morgan fingerprint density at radius 1 is 1.14 bits per heavy atom. The molecule has 0 fully saturated rings. The number of aromatic nitrogens is 2. The third kappa shape index (κ3) is 3.68. The summed E-state index contributed by atoms with van der Waals surface area (Å²) in [5, 5.41) is 24.1. The van der Waals surface area contributed by atoms with Crippen molar-refractivity contribution in [3.8, 4) is 12.1 Å². The van der Waals surface area contributed by atoms with Gasteiger partial charge < -0.3 is 10.6 Å². The summed E-state index contributed by atoms with van der Waals surface area (Å²) < 4.78 is 0. The molecule has 0 saturated carbocycles. The first-order valence-corrected chi connectivity index (χ1v) is 6.55. The smallest absolute Gasteiger partial charge is 0.224 e. The van der Waals surface area contributed by atoms with E-state index in [0.29, 0.717) is 28.6 Å². The zero-order valence-electron chi connectivity index (χ0n) is 11.6. The van der Waals surface area contributed by atoms with E-state index in [4.69, 9.17) is 10.5 Å². The predicted octanol–water partition coefficient (Wildman–Crippen LogP) is 2.79. The van der Waals surface area contributed by atoms with Gasteiger partial charge in [0.25, 0.3) is 0 Å². The zero-order chi connectivity index (χ0) is 15.1. The summed E-state index contributed by atoms with van der Waals surface area (Å²) in [5.74, 6) is 1.17. The highest BCUT2D eigenvalue weighted by atomic mass is 15.1. The van der Waals surface area contributed by atoms with Gasteiger partial charge in [-0.1, -0.05) is 6.92 Å². The maximum atomic E-state index is 9.02. The van der Waals surface area contributed by atoms with Gasteiger partial charge in [0.15, 0.2) is 0 Å². The van der Waals surface area contributed by atoms with Crippen LogP contribution in [0.15, 0.2) is 30.5 Å². The number of hydrogen-bond donors (Lipinski definition) is 2. The van der Waals surface area contributed by atoms with E-state index in [1.165, 1.54) is 0 Å². The van der Waals surface area contributed by atoms with E-state index in [0.717, 1.165) is 13.0 Å². The summed E-state index contributed by atoms with van der Waals surface area (Å²) >= 11 is 0. The van der Waals surface area contributed by atoms with Crippen LogP contribution in [0.4, 0.5) is 17.5 Å². The van der Waals surface area contributed by atoms with Crippen LogP contribution in [0, 0.1) is 22.7 Å². The van der Waals surface area contributed by atoms with Gasteiger partial charge in [0.1, 0.15) is 18.0 Å². The molecule has 0 aliphatic rings. The highest BCUT2D eigenvalue weighted by Crippen LogP contribution is 2.18. The second-order valence-electron chi connectivity index (χ2n) is 4.30. The number of nitrogens with one attached hydrogen (secondary N) is 2. The Morgan fingerprint density at radius 2 is 1.95 bits per heavy atom. The Hall–Kier alpha value is -3.12. The van der Waals surface area contributed by atoms with Crippen molar-refractivity contribution in [2.24, 2.45) is 0 Å². The molecule has 6 nitrogen and oxygen atoms in total. The van der Waals surface area contributed by atoms with Crippen LogP contribution >= 0.6 is 0 Å². The Bertz CT molecular complexity index is 711. The van der Waals surface area contributed by atoms with Gasteiger partial charge in [-0.2, -0.15) is 15.5 Å². The molecule has 0 amide bonds. The molecule has 0 aliphatic carbocycles. The predicted molar refractivity (Wildman–Crippen MR) is 80.0 cm³/mol. The zero-order valence-corrected chi connectivity index (χ0v) is 11.6. The molecule has 0 saturated heterocycles. The van der Waals surface area contributed by atoms with Crippen LogP contribution in [0.1, 0.15) is 24.5 Å². The molecule has 0 bridgehead atoms. The third-order valence-electron chi connectivity index (χ3n) is 2.72. The molecule has 0 unspecified atom stereocenters. The molecule has 0 spiro atoms. The molecule has 6 heteroatoms. The van der Waals surface area contributed by atoms with Crippen molar-refractivity contribution >= 4 is 17.5 Å². The number of nitriles is 2. The van der Waals surface area contributed by atoms with Gasteiger partial charge >= 0.3 is 0 Å². The number of nitrogens with zero attached hydrogens (tertiary/aromatic N) is 4. The van der Waals surface area contributed by atoms with E-state index in [1.807, 2.05) is 12.1 Å². The van der Waals surface area contributed by atoms with Crippen molar-refractivity contribution < 1.29 is 0 Å². The van der Waals surface area contributed by atoms with Gasteiger partial charge in [-0.3, -0.25) is 0 Å². The average Bonchev–Trinajstić information content (AvgIpc) is 2.53. The largest absolute Gasteiger partial charge is 0.354 e. The molecule has 0 radical (unpaired) electrons. The van der Waals surface area contributed by atoms with E-state index < -0.39 is 0 Å². The third-order valence-corrected chi connectivity index (χ3v) is 2.72. The van der Waals surface area contributed by atoms with Crippen molar-refractivity contribution in [3.05, 3.63) is 41.6 Å². The topological polar surface area (TPSA) is 97.4 Å². The molecule has 2 N–H and O–H groups in total. The van der Waals surface area contributed by atoms with Gasteiger partial charge in [0, 0.05) is 18.4 Å². The van der Waals surface area contributed by atoms with Crippen molar-refractivity contribution in [2.75, 3.05) is 17.2 Å². The lowest BCUT2D eigenvalue weighted by molar-refractivity contribution is 0.953. The Labute approximate surface area is 123 Å². The van der Waals surface area contributed by atoms with Crippen LogP contribution in [0.2, 0.25) is 0 Å². The summed E-state index contributed by atoms with van der Waals surface area (Å²) in [6.45, 7) is 2.87. The number of anilines is 3. The SMILES string of the molecule is CCCNc1nccc(Nc2ccc(C#N)c(C#N)c2)n1. The molecule has 1 aromatic heterocycles. The van der Waals surface area contributed by atoms with Gasteiger partial charge in [0.05, 0.1) is 11.1 Å². The van der Waals surface area contributed by atoms with E-state index in [9.17, 15) is 0 Å². The van der Waals surface area contributed by atoms with Crippen molar-refractivity contribution in [3.63, 3.8) is 0 Å². The molecular formula is C15H14N6. The first-order valence-electron chi connectivity index (χ1n) is 6.55. The second kappa shape index (κ2) is 6.88. The average molecular weight is 278 g/mol. The summed E-state index contributed by atoms with van der Waals surface area (Å²) in [7, 11) is 0. The van der Waals surface area contributed by atoms with Crippen molar-refractivity contribution in [1.82, 2.24) is 9.97 Å². The van der Waals surface area contributed by atoms with E-state index >= 15 is 0 Å². The molecule has 0 aliphatic heterocycles. The standard InChI is InChI=1S/C15H14N6/c1-2-6-18-15-19-7-5-14(21-15)20-13-4-3-11(9-16)12(8-13)10-17/h3-5,7-8H,2,6H2,1H3,(H2,18,19,20,21). The molecule has 2 aromatic rings. The van der Waals surface area contributed by atoms with Crippen LogP contribution in [0.3, 0.4) is 0 Å². The van der Waals surface area contributed by atoms with Crippen LogP contribution in [0.5, 0.6) is 0 Å². The summed E-state index contributed by atoms with van der Waals surface area (Å²) in [6.07, 6.45) is 2.64. The Balaban J connectivity index is 2.19. The first-order chi connectivity index (χ1) is 10.3. The van der Waals surface area contributed by atoms with Crippen molar-refractivity contribution in [1.29, 1.82) is 10.5 Å². The lowest BCUT2D eigenvalue weighted by atomic mass is 10.1. The minimum atomic E-state index is 0.334. The number of rotatable bonds is 5. The molecule has 104 valence electrons. The van der Waals surface area contributed by atoms with E-state index in [2.05, 4.69) is 27.5 Å². The molecule has 21 heavy (non-hydrogen) atoms. The fourth-order valence-electron chi connectivity index (χ4n) is 1.71. The molecule has 0 atom stereocenters. The van der Waals surface area contributed by atoms with Crippen LogP contribution in [-0.4, -0.2) is 16.5 Å². The highest BCUT2D eigenvalue weighted by Gasteiger charge is 2.04. The molecule has 1 heterocycles. The molecule has 1 aromatic carbocycles. The highest BCUT2D eigenvalue weighted by molar-refractivity contribution is 5.62. The fourth-order valence-corrected chi connectivity index (χ4v) is 1.71. The lowest BCUT2D eigenvalue weighted by Crippen LogP contribution is -2.05. The van der Waals surface area contributed by atoms with Crippen LogP contribution in [0.25, 0.3) is 0 Å². The van der Waals surface area contributed by atoms with Crippen LogP contribution in [-0.2, 0) is 0 Å². The minimum Gasteiger partial charge on any atom is -0.354 e. The van der Waals surface area contributed by atoms with E-state index in [1.54, 1.807) is 30.5 Å². The summed E-state index contributed by atoms with van der Waals surface area (Å²) in [4.78, 5) is 8.44. The van der Waals surface area contributed by atoms with Gasteiger partial charge in [0.2, 0.25) is 5.95 Å². The quantitative estimate of drug-likeness (QED) is 0.872. The van der Waals surface area contributed by atoms with Gasteiger partial charge in [-0.25, -0.2) is 4.98 Å². The van der Waals surface area contributed by atoms with E-state index in [-0.39, 0.29) is 0 Å². The second-order valence-corrected chi connectivity index (χ2v) is 4.30. The molecular weight excluding hydrogens is 264 g/mol. The number of benzene rings is 1. The van der Waals surface area contributed by atoms with Crippen molar-refractivity contribution in [2.45, 2.75) is 13.3 Å².